The SMILES string of the molecule is C=CC(=O)N(C)Cc1csc(N)n1. The van der Waals surface area contributed by atoms with E-state index in [-0.39, 0.29) is 5.91 Å². The van der Waals surface area contributed by atoms with Crippen LogP contribution in [0.1, 0.15) is 5.69 Å². The Labute approximate surface area is 80.7 Å². The van der Waals surface area contributed by atoms with Crippen molar-refractivity contribution in [3.8, 4) is 0 Å². The summed E-state index contributed by atoms with van der Waals surface area (Å²) in [4.78, 5) is 16.6. The van der Waals surface area contributed by atoms with Gasteiger partial charge in [-0.05, 0) is 6.08 Å². The third kappa shape index (κ3) is 2.55. The molecule has 70 valence electrons. The lowest BCUT2D eigenvalue weighted by Gasteiger charge is -2.12. The summed E-state index contributed by atoms with van der Waals surface area (Å²) in [5.74, 6) is -0.119. The average molecular weight is 197 g/mol. The molecule has 0 saturated heterocycles. The average Bonchev–Trinajstić information content (AvgIpc) is 2.49. The number of anilines is 1. The third-order valence-corrected chi connectivity index (χ3v) is 2.24. The van der Waals surface area contributed by atoms with E-state index in [9.17, 15) is 4.79 Å². The molecular weight excluding hydrogens is 186 g/mol. The van der Waals surface area contributed by atoms with E-state index in [0.717, 1.165) is 5.69 Å². The second kappa shape index (κ2) is 4.04. The highest BCUT2D eigenvalue weighted by atomic mass is 32.1. The first-order valence-corrected chi connectivity index (χ1v) is 4.59. The van der Waals surface area contributed by atoms with Crippen molar-refractivity contribution in [2.45, 2.75) is 6.54 Å². The van der Waals surface area contributed by atoms with Gasteiger partial charge in [-0.3, -0.25) is 4.79 Å². The molecule has 0 aliphatic heterocycles. The monoisotopic (exact) mass is 197 g/mol. The lowest BCUT2D eigenvalue weighted by atomic mass is 10.4. The summed E-state index contributed by atoms with van der Waals surface area (Å²) < 4.78 is 0. The second-order valence-electron chi connectivity index (χ2n) is 2.58. The van der Waals surface area contributed by atoms with E-state index in [4.69, 9.17) is 5.73 Å². The first-order valence-electron chi connectivity index (χ1n) is 3.71. The van der Waals surface area contributed by atoms with Crippen molar-refractivity contribution < 1.29 is 4.79 Å². The van der Waals surface area contributed by atoms with Gasteiger partial charge >= 0.3 is 0 Å². The zero-order valence-electron chi connectivity index (χ0n) is 7.36. The molecule has 0 radical (unpaired) electrons. The number of hydrogen-bond acceptors (Lipinski definition) is 4. The van der Waals surface area contributed by atoms with Crippen LogP contribution in [0.25, 0.3) is 0 Å². The summed E-state index contributed by atoms with van der Waals surface area (Å²) in [6.45, 7) is 3.87. The van der Waals surface area contributed by atoms with Crippen LogP contribution >= 0.6 is 11.3 Å². The summed E-state index contributed by atoms with van der Waals surface area (Å²) in [5, 5.41) is 2.36. The van der Waals surface area contributed by atoms with Gasteiger partial charge in [-0.25, -0.2) is 4.98 Å². The van der Waals surface area contributed by atoms with Gasteiger partial charge in [0.25, 0.3) is 0 Å². The van der Waals surface area contributed by atoms with Crippen LogP contribution in [0.5, 0.6) is 0 Å². The number of nitrogen functional groups attached to an aromatic ring is 1. The van der Waals surface area contributed by atoms with Crippen molar-refractivity contribution in [2.24, 2.45) is 0 Å². The van der Waals surface area contributed by atoms with Crippen molar-refractivity contribution in [3.05, 3.63) is 23.7 Å². The van der Waals surface area contributed by atoms with Gasteiger partial charge in [0.05, 0.1) is 12.2 Å². The first kappa shape index (κ1) is 9.73. The molecular formula is C8H11N3OS. The standard InChI is InChI=1S/C8H11N3OS/c1-3-7(12)11(2)4-6-5-13-8(9)10-6/h3,5H,1,4H2,2H3,(H2,9,10). The van der Waals surface area contributed by atoms with E-state index in [0.29, 0.717) is 11.7 Å². The summed E-state index contributed by atoms with van der Waals surface area (Å²) in [5.41, 5.74) is 6.25. The molecule has 2 N–H and O–H groups in total. The second-order valence-corrected chi connectivity index (χ2v) is 3.47. The summed E-state index contributed by atoms with van der Waals surface area (Å²) in [7, 11) is 1.69. The van der Waals surface area contributed by atoms with E-state index in [1.54, 1.807) is 7.05 Å². The molecule has 1 heterocycles. The van der Waals surface area contributed by atoms with Gasteiger partial charge < -0.3 is 10.6 Å². The largest absolute Gasteiger partial charge is 0.375 e. The molecule has 0 aromatic carbocycles. The maximum atomic E-state index is 11.1. The van der Waals surface area contributed by atoms with Gasteiger partial charge in [-0.2, -0.15) is 0 Å². The zero-order chi connectivity index (χ0) is 9.84. The number of rotatable bonds is 3. The molecule has 0 fully saturated rings. The first-order chi connectivity index (χ1) is 6.13. The Morgan fingerprint density at radius 2 is 2.62 bits per heavy atom. The number of nitrogens with two attached hydrogens (primary N) is 1. The Bertz CT molecular complexity index is 321. The summed E-state index contributed by atoms with van der Waals surface area (Å²) >= 11 is 1.37. The van der Waals surface area contributed by atoms with Crippen LogP contribution in [0.2, 0.25) is 0 Å². The van der Waals surface area contributed by atoms with E-state index < -0.39 is 0 Å². The molecule has 1 aromatic heterocycles. The molecule has 13 heavy (non-hydrogen) atoms. The molecule has 0 aliphatic carbocycles. The molecule has 4 nitrogen and oxygen atoms in total. The van der Waals surface area contributed by atoms with Crippen molar-refractivity contribution >= 4 is 22.4 Å². The molecule has 1 amide bonds. The maximum absolute atomic E-state index is 11.1. The minimum atomic E-state index is -0.119. The van der Waals surface area contributed by atoms with E-state index in [1.165, 1.54) is 22.3 Å². The fraction of sp³-hybridized carbons (Fsp3) is 0.250. The number of aromatic nitrogens is 1. The van der Waals surface area contributed by atoms with Gasteiger partial charge in [0.2, 0.25) is 5.91 Å². The smallest absolute Gasteiger partial charge is 0.246 e. The van der Waals surface area contributed by atoms with Crippen molar-refractivity contribution in [1.82, 2.24) is 9.88 Å². The molecule has 0 bridgehead atoms. The highest BCUT2D eigenvalue weighted by Crippen LogP contribution is 2.12. The number of thiazole rings is 1. The number of amides is 1. The minimum absolute atomic E-state index is 0.119. The molecule has 0 spiro atoms. The van der Waals surface area contributed by atoms with Gasteiger partial charge in [0.1, 0.15) is 0 Å². The fourth-order valence-corrected chi connectivity index (χ4v) is 1.43. The molecule has 1 aromatic rings. The van der Waals surface area contributed by atoms with Crippen LogP contribution < -0.4 is 5.73 Å². The predicted molar refractivity (Wildman–Crippen MR) is 53.2 cm³/mol. The van der Waals surface area contributed by atoms with Gasteiger partial charge in [-0.15, -0.1) is 11.3 Å². The molecule has 0 aliphatic rings. The van der Waals surface area contributed by atoms with Gasteiger partial charge in [0.15, 0.2) is 5.13 Å². The van der Waals surface area contributed by atoms with Crippen molar-refractivity contribution in [3.63, 3.8) is 0 Å². The zero-order valence-corrected chi connectivity index (χ0v) is 8.17. The fourth-order valence-electron chi connectivity index (χ4n) is 0.872. The lowest BCUT2D eigenvalue weighted by molar-refractivity contribution is -0.125. The number of nitrogens with zero attached hydrogens (tertiary/aromatic N) is 2. The lowest BCUT2D eigenvalue weighted by Crippen LogP contribution is -2.24. The molecule has 5 heteroatoms. The minimum Gasteiger partial charge on any atom is -0.375 e. The Hall–Kier alpha value is -1.36. The van der Waals surface area contributed by atoms with Crippen molar-refractivity contribution in [1.29, 1.82) is 0 Å². The number of carbonyl (C=O) groups is 1. The number of likely N-dealkylation sites (N-methyl/N-ethyl adjacent to an activating group) is 1. The Morgan fingerprint density at radius 3 is 3.08 bits per heavy atom. The Morgan fingerprint density at radius 1 is 1.92 bits per heavy atom. The van der Waals surface area contributed by atoms with Crippen molar-refractivity contribution in [2.75, 3.05) is 12.8 Å². The Balaban J connectivity index is 2.59. The summed E-state index contributed by atoms with van der Waals surface area (Å²) in [6.07, 6.45) is 1.27. The molecule has 0 atom stereocenters. The van der Waals surface area contributed by atoms with E-state index >= 15 is 0 Å². The van der Waals surface area contributed by atoms with E-state index in [2.05, 4.69) is 11.6 Å². The normalized spacial score (nSPS) is 9.62. The van der Waals surface area contributed by atoms with Crippen LogP contribution in [0.15, 0.2) is 18.0 Å². The maximum Gasteiger partial charge on any atom is 0.246 e. The van der Waals surface area contributed by atoms with Crippen LogP contribution in [0, 0.1) is 0 Å². The van der Waals surface area contributed by atoms with Crippen LogP contribution in [0.3, 0.4) is 0 Å². The Kier molecular flexibility index (Phi) is 3.02. The van der Waals surface area contributed by atoms with Gasteiger partial charge in [-0.1, -0.05) is 6.58 Å². The molecule has 1 rings (SSSR count). The third-order valence-electron chi connectivity index (χ3n) is 1.52. The number of hydrogen-bond donors (Lipinski definition) is 1. The number of carbonyl (C=O) groups excluding carboxylic acids is 1. The highest BCUT2D eigenvalue weighted by molar-refractivity contribution is 7.13. The highest BCUT2D eigenvalue weighted by Gasteiger charge is 2.06. The van der Waals surface area contributed by atoms with E-state index in [1.807, 2.05) is 5.38 Å². The molecule has 0 unspecified atom stereocenters. The van der Waals surface area contributed by atoms with Gasteiger partial charge in [0, 0.05) is 12.4 Å². The molecule has 0 saturated carbocycles. The predicted octanol–water partition coefficient (Wildman–Crippen LogP) is 0.870. The topological polar surface area (TPSA) is 59.2 Å². The summed E-state index contributed by atoms with van der Waals surface area (Å²) in [6, 6.07) is 0. The van der Waals surface area contributed by atoms with Crippen LogP contribution in [-0.2, 0) is 11.3 Å². The quantitative estimate of drug-likeness (QED) is 0.731. The van der Waals surface area contributed by atoms with Crippen LogP contribution in [-0.4, -0.2) is 22.8 Å². The van der Waals surface area contributed by atoms with Crippen LogP contribution in [0.4, 0.5) is 5.13 Å².